The fourth-order valence-electron chi connectivity index (χ4n) is 7.34. The van der Waals surface area contributed by atoms with E-state index in [2.05, 4.69) is 93.7 Å². The summed E-state index contributed by atoms with van der Waals surface area (Å²) < 4.78 is 28.2. The minimum absolute atomic E-state index is 0.0209. The molecular weight excluding hydrogens is 853 g/mol. The number of ether oxygens (including phenoxy) is 5. The Morgan fingerprint density at radius 3 is 1.43 bits per heavy atom. The van der Waals surface area contributed by atoms with Gasteiger partial charge < -0.3 is 39.0 Å². The first-order valence-electron chi connectivity index (χ1n) is 25.9. The number of aliphatic hydroxyl groups excluding tert-OH is 2. The van der Waals surface area contributed by atoms with Crippen molar-refractivity contribution in [2.45, 2.75) is 237 Å². The molecule has 1 heterocycles. The Kier molecular flexibility index (Phi) is 39.7. The normalized spacial score (nSPS) is 19.4. The number of carboxylic acids is 1. The van der Waals surface area contributed by atoms with Gasteiger partial charge in [0.15, 0.2) is 24.6 Å². The Morgan fingerprint density at radius 1 is 0.507 bits per heavy atom. The van der Waals surface area contributed by atoms with Crippen molar-refractivity contribution in [1.82, 2.24) is 0 Å². The van der Waals surface area contributed by atoms with Crippen LogP contribution in [0.3, 0.4) is 0 Å². The van der Waals surface area contributed by atoms with Gasteiger partial charge in [0.2, 0.25) is 0 Å². The predicted octanol–water partition coefficient (Wildman–Crippen LogP) is 12.2. The fraction of sp³-hybridized carbons (Fsp3) is 0.709. The lowest BCUT2D eigenvalue weighted by Crippen LogP contribution is -2.61. The van der Waals surface area contributed by atoms with Crippen LogP contribution in [0.5, 0.6) is 0 Å². The molecule has 0 aromatic carbocycles. The maximum absolute atomic E-state index is 13.0. The summed E-state index contributed by atoms with van der Waals surface area (Å²) in [5, 5.41) is 31.3. The third-order valence-electron chi connectivity index (χ3n) is 11.3. The van der Waals surface area contributed by atoms with Crippen LogP contribution < -0.4 is 0 Å². The van der Waals surface area contributed by atoms with Gasteiger partial charge in [-0.15, -0.1) is 0 Å². The number of hydrogen-bond donors (Lipinski definition) is 3. The van der Waals surface area contributed by atoms with E-state index in [0.717, 1.165) is 96.3 Å². The highest BCUT2D eigenvalue weighted by Crippen LogP contribution is 2.26. The van der Waals surface area contributed by atoms with Gasteiger partial charge in [0, 0.05) is 19.3 Å². The smallest absolute Gasteiger partial charge is 0.335 e. The summed E-state index contributed by atoms with van der Waals surface area (Å²) in [4.78, 5) is 50.8. The van der Waals surface area contributed by atoms with Crippen LogP contribution in [0.25, 0.3) is 0 Å². The molecule has 3 N–H and O–H groups in total. The molecule has 0 aromatic heterocycles. The lowest BCUT2D eigenvalue weighted by Gasteiger charge is -2.40. The summed E-state index contributed by atoms with van der Waals surface area (Å²) in [6.45, 7) is 5.68. The van der Waals surface area contributed by atoms with E-state index in [-0.39, 0.29) is 25.9 Å². The average molecular weight is 943 g/mol. The van der Waals surface area contributed by atoms with Crippen molar-refractivity contribution in [1.29, 1.82) is 0 Å². The van der Waals surface area contributed by atoms with Crippen LogP contribution in [0.4, 0.5) is 0 Å². The Bertz CT molecular complexity index is 1450. The Labute approximate surface area is 404 Å². The molecule has 1 fully saturated rings. The first-order valence-corrected chi connectivity index (χ1v) is 25.9. The number of hydrogen-bond acceptors (Lipinski definition) is 11. The fourth-order valence-corrected chi connectivity index (χ4v) is 7.34. The summed E-state index contributed by atoms with van der Waals surface area (Å²) in [6, 6.07) is 0. The van der Waals surface area contributed by atoms with E-state index in [1.54, 1.807) is 0 Å². The zero-order valence-corrected chi connectivity index (χ0v) is 41.6. The quantitative estimate of drug-likeness (QED) is 0.0229. The molecule has 6 atom stereocenters. The number of rotatable bonds is 42. The van der Waals surface area contributed by atoms with E-state index in [4.69, 9.17) is 23.7 Å². The second-order valence-electron chi connectivity index (χ2n) is 17.4. The molecule has 1 rings (SSSR count). The van der Waals surface area contributed by atoms with Crippen molar-refractivity contribution in [3.63, 3.8) is 0 Å². The molecule has 67 heavy (non-hydrogen) atoms. The van der Waals surface area contributed by atoms with Gasteiger partial charge in [-0.25, -0.2) is 4.79 Å². The van der Waals surface area contributed by atoms with Gasteiger partial charge in [-0.1, -0.05) is 171 Å². The second kappa shape index (κ2) is 43.4. The molecule has 0 aromatic rings. The molecule has 1 aliphatic heterocycles. The molecule has 0 spiro atoms. The van der Waals surface area contributed by atoms with Gasteiger partial charge in [-0.05, 0) is 83.5 Å². The maximum Gasteiger partial charge on any atom is 0.335 e. The maximum atomic E-state index is 13.0. The largest absolute Gasteiger partial charge is 0.479 e. The topological polar surface area (TPSA) is 175 Å². The van der Waals surface area contributed by atoms with E-state index in [1.807, 2.05) is 0 Å². The Hall–Kier alpha value is -3.84. The zero-order chi connectivity index (χ0) is 49.0. The number of unbranched alkanes of at least 4 members (excludes halogenated alkanes) is 16. The van der Waals surface area contributed by atoms with Gasteiger partial charge in [-0.3, -0.25) is 14.4 Å². The van der Waals surface area contributed by atoms with E-state index < -0.39 is 67.3 Å². The highest BCUT2D eigenvalue weighted by molar-refractivity contribution is 5.74. The summed E-state index contributed by atoms with van der Waals surface area (Å²) >= 11 is 0. The lowest BCUT2D eigenvalue weighted by atomic mass is 9.98. The first-order chi connectivity index (χ1) is 32.6. The van der Waals surface area contributed by atoms with Gasteiger partial charge in [0.25, 0.3) is 0 Å². The summed E-state index contributed by atoms with van der Waals surface area (Å²) in [5.74, 6) is -3.20. The van der Waals surface area contributed by atoms with Crippen molar-refractivity contribution in [2.24, 2.45) is 0 Å². The number of carboxylic acid groups (broad SMARTS) is 1. The average Bonchev–Trinajstić information content (AvgIpc) is 3.31. The van der Waals surface area contributed by atoms with Crippen molar-refractivity contribution in [3.05, 3.63) is 72.9 Å². The van der Waals surface area contributed by atoms with Crippen molar-refractivity contribution in [3.8, 4) is 0 Å². The molecule has 0 radical (unpaired) electrons. The number of allylic oxidation sites excluding steroid dienone is 12. The van der Waals surface area contributed by atoms with E-state index in [1.165, 1.54) is 44.9 Å². The SMILES string of the molecule is CC/C=C\C/C=C\C/C=C\CCCCCC(=O)OCC(COC1OC(C(=O)O)C(O)C(O)C1OC(=O)CCCCC/C=C\C/C=C\C/C=C\CC)OC(=O)CCCCCCCCCCCCC. The van der Waals surface area contributed by atoms with Crippen molar-refractivity contribution >= 4 is 23.9 Å². The van der Waals surface area contributed by atoms with Gasteiger partial charge in [0.1, 0.15) is 18.8 Å². The minimum atomic E-state index is -1.92. The highest BCUT2D eigenvalue weighted by Gasteiger charge is 2.50. The van der Waals surface area contributed by atoms with Gasteiger partial charge in [-0.2, -0.15) is 0 Å². The number of carbonyl (C=O) groups is 4. The third kappa shape index (κ3) is 34.2. The lowest BCUT2D eigenvalue weighted by molar-refractivity contribution is -0.301. The van der Waals surface area contributed by atoms with Crippen LogP contribution in [0.2, 0.25) is 0 Å². The van der Waals surface area contributed by atoms with E-state index in [0.29, 0.717) is 19.3 Å². The van der Waals surface area contributed by atoms with Crippen molar-refractivity contribution in [2.75, 3.05) is 13.2 Å². The molecular formula is C55H90O12. The van der Waals surface area contributed by atoms with Gasteiger partial charge >= 0.3 is 23.9 Å². The predicted molar refractivity (Wildman–Crippen MR) is 266 cm³/mol. The molecule has 0 saturated carbocycles. The minimum Gasteiger partial charge on any atom is -0.479 e. The van der Waals surface area contributed by atoms with Crippen LogP contribution in [0.1, 0.15) is 201 Å². The molecule has 12 nitrogen and oxygen atoms in total. The van der Waals surface area contributed by atoms with Crippen LogP contribution in [-0.4, -0.2) is 89.2 Å². The zero-order valence-electron chi connectivity index (χ0n) is 41.6. The first kappa shape index (κ1) is 61.2. The summed E-state index contributed by atoms with van der Waals surface area (Å²) in [5.41, 5.74) is 0. The summed E-state index contributed by atoms with van der Waals surface area (Å²) in [7, 11) is 0. The van der Waals surface area contributed by atoms with Gasteiger partial charge in [0.05, 0.1) is 6.61 Å². The summed E-state index contributed by atoms with van der Waals surface area (Å²) in [6.07, 6.45) is 40.4. The molecule has 1 aliphatic rings. The molecule has 1 saturated heterocycles. The molecule has 6 unspecified atom stereocenters. The van der Waals surface area contributed by atoms with Crippen molar-refractivity contribution < 1.29 is 58.2 Å². The van der Waals surface area contributed by atoms with Crippen LogP contribution in [0, 0.1) is 0 Å². The standard InChI is InChI=1S/C55H90O12/c1-4-7-10-13-16-19-22-24-27-29-32-35-38-41-47(56)63-44-46(65-48(57)42-39-36-33-30-26-21-18-15-12-9-6-3)45-64-55-53(51(60)50(59)52(67-55)54(61)62)66-49(58)43-40-37-34-31-28-25-23-20-17-14-11-8-5-2/h7-8,10-11,16-17,19-20,24-25,27-28,46,50-53,55,59-60H,4-6,9,12-15,18,21-23,26,29-45H2,1-3H3,(H,61,62)/b10-7-,11-8-,19-16-,20-17-,27-24-,28-25-. The molecule has 0 aliphatic carbocycles. The second-order valence-corrected chi connectivity index (χ2v) is 17.4. The molecule has 12 heteroatoms. The third-order valence-corrected chi connectivity index (χ3v) is 11.3. The molecule has 0 bridgehead atoms. The number of aliphatic carboxylic acids is 1. The molecule has 0 amide bonds. The van der Waals surface area contributed by atoms with Crippen LogP contribution >= 0.6 is 0 Å². The Morgan fingerprint density at radius 2 is 0.940 bits per heavy atom. The van der Waals surface area contributed by atoms with E-state index >= 15 is 0 Å². The molecule has 382 valence electrons. The van der Waals surface area contributed by atoms with E-state index in [9.17, 15) is 34.5 Å². The van der Waals surface area contributed by atoms with Crippen LogP contribution in [0.15, 0.2) is 72.9 Å². The monoisotopic (exact) mass is 943 g/mol. The number of carbonyl (C=O) groups excluding carboxylic acids is 3. The number of aliphatic hydroxyl groups is 2. The van der Waals surface area contributed by atoms with Crippen LogP contribution in [-0.2, 0) is 42.9 Å². The number of esters is 3. The Balaban J connectivity index is 2.77. The highest BCUT2D eigenvalue weighted by atomic mass is 16.7.